The van der Waals surface area contributed by atoms with Crippen LogP contribution in [0.2, 0.25) is 0 Å². The second kappa shape index (κ2) is 12.8. The van der Waals surface area contributed by atoms with Gasteiger partial charge in [-0.15, -0.1) is 5.10 Å². The van der Waals surface area contributed by atoms with E-state index in [1.165, 1.54) is 4.68 Å². The van der Waals surface area contributed by atoms with Crippen LogP contribution in [0.25, 0.3) is 0 Å². The average Bonchev–Trinajstić information content (AvgIpc) is 3.67. The summed E-state index contributed by atoms with van der Waals surface area (Å²) >= 11 is 0. The lowest BCUT2D eigenvalue weighted by Crippen LogP contribution is -2.38. The van der Waals surface area contributed by atoms with E-state index >= 15 is 0 Å². The standard InChI is InChI=1S/C32H40N6O4/c1-7-27-21(3)33-15-23(35-27)18-38(17-22-8-10-24(40-5)11-9-22)29-14-30(36-37(4)32(29)39)42-19-26-20(2)31(26)28-13-12-25(41-6)16-34-28/h8-16,20-21,26-27,31H,7,17-19H2,1-6H3. The molecule has 0 amide bonds. The molecule has 222 valence electrons. The number of aryl methyl sites for hydroxylation is 1. The number of hydrogen-bond acceptors (Lipinski definition) is 9. The number of methoxy groups -OCH3 is 2. The number of rotatable bonds is 12. The molecular formula is C32H40N6O4. The van der Waals surface area contributed by atoms with Crippen LogP contribution in [-0.4, -0.2) is 66.1 Å². The van der Waals surface area contributed by atoms with Gasteiger partial charge in [0.1, 0.15) is 17.2 Å². The predicted octanol–water partition coefficient (Wildman–Crippen LogP) is 4.32. The Morgan fingerprint density at radius 3 is 2.40 bits per heavy atom. The fraction of sp³-hybridized carbons (Fsp3) is 0.469. The Labute approximate surface area is 247 Å². The number of pyridine rings is 1. The van der Waals surface area contributed by atoms with Crippen molar-refractivity contribution in [3.8, 4) is 17.4 Å². The fourth-order valence-electron chi connectivity index (χ4n) is 5.59. The highest BCUT2D eigenvalue weighted by molar-refractivity contribution is 6.32. The van der Waals surface area contributed by atoms with E-state index in [9.17, 15) is 4.79 Å². The molecule has 5 atom stereocenters. The molecule has 0 radical (unpaired) electrons. The Hall–Kier alpha value is -4.21. The highest BCUT2D eigenvalue weighted by atomic mass is 16.5. The van der Waals surface area contributed by atoms with Crippen LogP contribution in [0.4, 0.5) is 5.69 Å². The third-order valence-corrected chi connectivity index (χ3v) is 8.34. The summed E-state index contributed by atoms with van der Waals surface area (Å²) < 4.78 is 18.1. The first-order valence-electron chi connectivity index (χ1n) is 14.5. The Bertz CT molecular complexity index is 1480. The molecule has 3 aromatic rings. The normalized spacial score (nSPS) is 22.8. The van der Waals surface area contributed by atoms with Gasteiger partial charge in [0.15, 0.2) is 0 Å². The van der Waals surface area contributed by atoms with Gasteiger partial charge in [0.2, 0.25) is 5.88 Å². The zero-order valence-corrected chi connectivity index (χ0v) is 25.2. The van der Waals surface area contributed by atoms with Crippen LogP contribution in [-0.2, 0) is 13.6 Å². The summed E-state index contributed by atoms with van der Waals surface area (Å²) in [6.45, 7) is 7.82. The third kappa shape index (κ3) is 6.48. The first kappa shape index (κ1) is 29.3. The lowest BCUT2D eigenvalue weighted by molar-refractivity contribution is 0.273. The number of anilines is 1. The van der Waals surface area contributed by atoms with E-state index in [1.54, 1.807) is 33.5 Å². The zero-order valence-electron chi connectivity index (χ0n) is 25.2. The molecule has 1 aliphatic heterocycles. The van der Waals surface area contributed by atoms with Gasteiger partial charge in [0, 0.05) is 43.4 Å². The smallest absolute Gasteiger partial charge is 0.290 e. The Morgan fingerprint density at radius 1 is 1.00 bits per heavy atom. The molecule has 10 nitrogen and oxygen atoms in total. The van der Waals surface area contributed by atoms with Crippen molar-refractivity contribution < 1.29 is 14.2 Å². The molecule has 3 heterocycles. The maximum atomic E-state index is 13.5. The van der Waals surface area contributed by atoms with E-state index in [1.807, 2.05) is 47.5 Å². The van der Waals surface area contributed by atoms with Gasteiger partial charge >= 0.3 is 0 Å². The van der Waals surface area contributed by atoms with Gasteiger partial charge in [-0.3, -0.25) is 19.8 Å². The van der Waals surface area contributed by atoms with Crippen LogP contribution >= 0.6 is 0 Å². The minimum atomic E-state index is -0.204. The molecule has 10 heteroatoms. The molecule has 0 N–H and O–H groups in total. The lowest BCUT2D eigenvalue weighted by Gasteiger charge is -2.27. The van der Waals surface area contributed by atoms with Gasteiger partial charge in [-0.05, 0) is 49.1 Å². The fourth-order valence-corrected chi connectivity index (χ4v) is 5.59. The summed E-state index contributed by atoms with van der Waals surface area (Å²) in [4.78, 5) is 29.7. The highest BCUT2D eigenvalue weighted by Gasteiger charge is 2.49. The SMILES string of the molecule is CCC1N=C(CN(Cc2ccc(OC)cc2)c2cc(OCC3C(C)C3c3ccc(OC)cn3)nn(C)c2=O)C=NC1C. The predicted molar refractivity (Wildman–Crippen MR) is 165 cm³/mol. The second-order valence-electron chi connectivity index (χ2n) is 11.1. The third-order valence-electron chi connectivity index (χ3n) is 8.34. The van der Waals surface area contributed by atoms with Crippen LogP contribution in [0.15, 0.2) is 63.4 Å². The van der Waals surface area contributed by atoms with E-state index in [4.69, 9.17) is 19.2 Å². The molecule has 0 spiro atoms. The molecule has 1 fully saturated rings. The molecule has 5 rings (SSSR count). The minimum Gasteiger partial charge on any atom is -0.497 e. The molecule has 2 aromatic heterocycles. The molecular weight excluding hydrogens is 532 g/mol. The topological polar surface area (TPSA) is 103 Å². The van der Waals surface area contributed by atoms with Crippen molar-refractivity contribution in [2.75, 3.05) is 32.3 Å². The van der Waals surface area contributed by atoms with Crippen molar-refractivity contribution in [3.63, 3.8) is 0 Å². The Balaban J connectivity index is 1.38. The molecule has 1 aliphatic carbocycles. The lowest BCUT2D eigenvalue weighted by atomic mass is 10.1. The van der Waals surface area contributed by atoms with Crippen molar-refractivity contribution >= 4 is 17.6 Å². The van der Waals surface area contributed by atoms with Crippen LogP contribution in [0.5, 0.6) is 17.4 Å². The van der Waals surface area contributed by atoms with Crippen molar-refractivity contribution in [2.45, 2.75) is 51.7 Å². The van der Waals surface area contributed by atoms with E-state index in [0.29, 0.717) is 49.0 Å². The molecule has 1 saturated carbocycles. The molecule has 1 aromatic carbocycles. The van der Waals surface area contributed by atoms with E-state index < -0.39 is 0 Å². The zero-order chi connectivity index (χ0) is 29.8. The monoisotopic (exact) mass is 572 g/mol. The molecule has 5 unspecified atom stereocenters. The first-order valence-corrected chi connectivity index (χ1v) is 14.5. The molecule has 0 saturated heterocycles. The van der Waals surface area contributed by atoms with Gasteiger partial charge in [-0.2, -0.15) is 0 Å². The number of ether oxygens (including phenoxy) is 3. The van der Waals surface area contributed by atoms with Crippen LogP contribution in [0, 0.1) is 11.8 Å². The van der Waals surface area contributed by atoms with Gasteiger partial charge in [0.05, 0.1) is 51.4 Å². The number of aromatic nitrogens is 3. The maximum absolute atomic E-state index is 13.5. The van der Waals surface area contributed by atoms with E-state index in [0.717, 1.165) is 34.9 Å². The summed E-state index contributed by atoms with van der Waals surface area (Å²) in [5, 5.41) is 4.42. The average molecular weight is 573 g/mol. The number of hydrogen-bond donors (Lipinski definition) is 0. The summed E-state index contributed by atoms with van der Waals surface area (Å²) in [7, 11) is 4.94. The summed E-state index contributed by atoms with van der Waals surface area (Å²) in [5.41, 5.74) is 3.21. The first-order chi connectivity index (χ1) is 20.3. The minimum absolute atomic E-state index is 0.126. The van der Waals surface area contributed by atoms with Crippen molar-refractivity contribution in [1.82, 2.24) is 14.8 Å². The number of nitrogens with zero attached hydrogens (tertiary/aromatic N) is 6. The largest absolute Gasteiger partial charge is 0.497 e. The van der Waals surface area contributed by atoms with Crippen molar-refractivity contribution in [1.29, 1.82) is 0 Å². The van der Waals surface area contributed by atoms with Gasteiger partial charge in [-0.25, -0.2) is 4.68 Å². The Morgan fingerprint density at radius 2 is 1.74 bits per heavy atom. The molecule has 42 heavy (non-hydrogen) atoms. The van der Waals surface area contributed by atoms with E-state index in [2.05, 4.69) is 35.8 Å². The van der Waals surface area contributed by atoms with Gasteiger partial charge in [-0.1, -0.05) is 26.0 Å². The van der Waals surface area contributed by atoms with E-state index in [-0.39, 0.29) is 17.6 Å². The Kier molecular flexibility index (Phi) is 8.89. The summed E-state index contributed by atoms with van der Waals surface area (Å²) in [6, 6.07) is 13.8. The second-order valence-corrected chi connectivity index (χ2v) is 11.1. The number of aliphatic imine (C=N–C) groups is 2. The molecule has 2 aliphatic rings. The maximum Gasteiger partial charge on any atom is 0.290 e. The number of benzene rings is 1. The van der Waals surface area contributed by atoms with Gasteiger partial charge in [0.25, 0.3) is 5.56 Å². The van der Waals surface area contributed by atoms with Crippen LogP contribution in [0.1, 0.15) is 44.4 Å². The summed E-state index contributed by atoms with van der Waals surface area (Å²) in [5.74, 6) is 2.98. The van der Waals surface area contributed by atoms with Crippen LogP contribution in [0.3, 0.4) is 0 Å². The summed E-state index contributed by atoms with van der Waals surface area (Å²) in [6.07, 6.45) is 4.49. The van der Waals surface area contributed by atoms with Crippen molar-refractivity contribution in [3.05, 3.63) is 70.3 Å². The van der Waals surface area contributed by atoms with Crippen LogP contribution < -0.4 is 24.7 Å². The van der Waals surface area contributed by atoms with Crippen molar-refractivity contribution in [2.24, 2.45) is 28.9 Å². The quantitative estimate of drug-likeness (QED) is 0.318. The molecule has 0 bridgehead atoms. The highest BCUT2D eigenvalue weighted by Crippen LogP contribution is 2.53. The van der Waals surface area contributed by atoms with Gasteiger partial charge < -0.3 is 19.1 Å².